The molecular formula is C25H40O13. The third kappa shape index (κ3) is 6.04. The van der Waals surface area contributed by atoms with Crippen molar-refractivity contribution in [2.45, 2.75) is 107 Å². The topological polar surface area (TPSA) is 216 Å². The molecule has 2 saturated heterocycles. The van der Waals surface area contributed by atoms with Gasteiger partial charge in [-0.1, -0.05) is 19.9 Å². The average Bonchev–Trinajstić information content (AvgIpc) is 2.85. The predicted octanol–water partition coefficient (Wildman–Crippen LogP) is -2.75. The summed E-state index contributed by atoms with van der Waals surface area (Å²) in [4.78, 5) is 12.0. The van der Waals surface area contributed by atoms with Crippen LogP contribution in [0.15, 0.2) is 23.8 Å². The zero-order valence-corrected chi connectivity index (χ0v) is 21.8. The van der Waals surface area contributed by atoms with Crippen LogP contribution in [0.2, 0.25) is 0 Å². The molecule has 2 fully saturated rings. The SMILES string of the molecule is CC1=CC(=O)CC(C)(C)C1(O)C=CC(C)OC1OC(CO)C(O)C(O)C1OC1OC(CO)C(O)C(O)C1O. The molecule has 0 radical (unpaired) electrons. The van der Waals surface area contributed by atoms with Gasteiger partial charge in [0, 0.05) is 11.8 Å². The summed E-state index contributed by atoms with van der Waals surface area (Å²) in [7, 11) is 0. The van der Waals surface area contributed by atoms with E-state index in [1.807, 2.05) is 0 Å². The van der Waals surface area contributed by atoms with Crippen LogP contribution >= 0.6 is 0 Å². The minimum atomic E-state index is -1.79. The number of rotatable bonds is 8. The molecule has 0 aromatic heterocycles. The Hall–Kier alpha value is -1.33. The first kappa shape index (κ1) is 31.2. The maximum absolute atomic E-state index is 12.0. The Balaban J connectivity index is 1.81. The number of aliphatic hydroxyl groups excluding tert-OH is 7. The van der Waals surface area contributed by atoms with Crippen molar-refractivity contribution in [3.05, 3.63) is 23.8 Å². The fourth-order valence-electron chi connectivity index (χ4n) is 5.04. The molecule has 3 rings (SSSR count). The first-order valence-electron chi connectivity index (χ1n) is 12.5. The molecule has 12 unspecified atom stereocenters. The number of ketones is 1. The van der Waals surface area contributed by atoms with Crippen molar-refractivity contribution in [1.82, 2.24) is 0 Å². The molecule has 2 heterocycles. The smallest absolute Gasteiger partial charge is 0.187 e. The van der Waals surface area contributed by atoms with Crippen LogP contribution in [0.5, 0.6) is 0 Å². The van der Waals surface area contributed by atoms with Crippen LogP contribution in [-0.2, 0) is 23.7 Å². The van der Waals surface area contributed by atoms with E-state index in [2.05, 4.69) is 0 Å². The lowest BCUT2D eigenvalue weighted by atomic mass is 9.64. The van der Waals surface area contributed by atoms with Gasteiger partial charge in [-0.25, -0.2) is 0 Å². The van der Waals surface area contributed by atoms with Crippen LogP contribution in [-0.4, -0.2) is 133 Å². The van der Waals surface area contributed by atoms with E-state index < -0.39 is 91.7 Å². The fraction of sp³-hybridized carbons (Fsp3) is 0.800. The van der Waals surface area contributed by atoms with Gasteiger partial charge in [-0.2, -0.15) is 0 Å². The van der Waals surface area contributed by atoms with Gasteiger partial charge in [0.1, 0.15) is 54.4 Å². The first-order chi connectivity index (χ1) is 17.7. The highest BCUT2D eigenvalue weighted by molar-refractivity contribution is 5.92. The van der Waals surface area contributed by atoms with Gasteiger partial charge in [0.05, 0.1) is 19.3 Å². The lowest BCUT2D eigenvalue weighted by molar-refractivity contribution is -0.369. The van der Waals surface area contributed by atoms with Crippen molar-refractivity contribution in [2.24, 2.45) is 5.41 Å². The molecule has 0 aromatic carbocycles. The van der Waals surface area contributed by atoms with E-state index in [4.69, 9.17) is 18.9 Å². The highest BCUT2D eigenvalue weighted by Gasteiger charge is 2.51. The van der Waals surface area contributed by atoms with Gasteiger partial charge < -0.3 is 59.8 Å². The molecule has 13 nitrogen and oxygen atoms in total. The summed E-state index contributed by atoms with van der Waals surface area (Å²) in [5.74, 6) is -0.0961. The van der Waals surface area contributed by atoms with Gasteiger partial charge in [-0.15, -0.1) is 0 Å². The summed E-state index contributed by atoms with van der Waals surface area (Å²) in [5.41, 5.74) is -1.81. The second kappa shape index (κ2) is 12.0. The highest BCUT2D eigenvalue weighted by atomic mass is 16.8. The van der Waals surface area contributed by atoms with Crippen LogP contribution in [0.1, 0.15) is 34.1 Å². The summed E-state index contributed by atoms with van der Waals surface area (Å²) in [5, 5.41) is 81.9. The number of hydrogen-bond acceptors (Lipinski definition) is 13. The summed E-state index contributed by atoms with van der Waals surface area (Å²) in [6, 6.07) is 0. The molecular weight excluding hydrogens is 508 g/mol. The third-order valence-electron chi connectivity index (χ3n) is 7.55. The first-order valence-corrected chi connectivity index (χ1v) is 12.5. The van der Waals surface area contributed by atoms with Crippen molar-refractivity contribution in [1.29, 1.82) is 0 Å². The molecule has 12 atom stereocenters. The Labute approximate surface area is 220 Å². The second-order valence-corrected chi connectivity index (χ2v) is 10.8. The largest absolute Gasteiger partial charge is 0.394 e. The molecule has 3 aliphatic rings. The zero-order valence-electron chi connectivity index (χ0n) is 21.8. The van der Waals surface area contributed by atoms with Crippen LogP contribution in [0, 0.1) is 5.41 Å². The molecule has 13 heteroatoms. The molecule has 8 N–H and O–H groups in total. The van der Waals surface area contributed by atoms with Crippen molar-refractivity contribution in [3.63, 3.8) is 0 Å². The summed E-state index contributed by atoms with van der Waals surface area (Å²) in [6.45, 7) is 5.39. The number of aliphatic hydroxyl groups is 8. The Kier molecular flexibility index (Phi) is 9.89. The molecule has 1 aliphatic carbocycles. The lowest BCUT2D eigenvalue weighted by Gasteiger charge is -2.46. The Morgan fingerprint density at radius 2 is 1.53 bits per heavy atom. The zero-order chi connectivity index (χ0) is 28.6. The van der Waals surface area contributed by atoms with E-state index in [9.17, 15) is 45.6 Å². The van der Waals surface area contributed by atoms with E-state index in [0.717, 1.165) is 0 Å². The molecule has 38 heavy (non-hydrogen) atoms. The van der Waals surface area contributed by atoms with Crippen LogP contribution in [0.3, 0.4) is 0 Å². The molecule has 0 spiro atoms. The summed E-state index contributed by atoms with van der Waals surface area (Å²) < 4.78 is 22.5. The van der Waals surface area contributed by atoms with Crippen molar-refractivity contribution >= 4 is 5.78 Å². The monoisotopic (exact) mass is 548 g/mol. The number of carbonyl (C=O) groups is 1. The minimum Gasteiger partial charge on any atom is -0.394 e. The van der Waals surface area contributed by atoms with Gasteiger partial charge in [0.15, 0.2) is 18.4 Å². The van der Waals surface area contributed by atoms with Gasteiger partial charge in [0.2, 0.25) is 0 Å². The number of hydrogen-bond donors (Lipinski definition) is 8. The van der Waals surface area contributed by atoms with Crippen LogP contribution < -0.4 is 0 Å². The number of ether oxygens (including phenoxy) is 4. The minimum absolute atomic E-state index is 0.0961. The average molecular weight is 549 g/mol. The Morgan fingerprint density at radius 1 is 0.974 bits per heavy atom. The standard InChI is InChI=1S/C25H40O13/c1-11-7-13(28)8-24(3,4)25(11,34)6-5-12(2)35-23-21(19(32)17(30)15(10-27)37-23)38-22-20(33)18(31)16(29)14(9-26)36-22/h5-7,12,14-23,26-27,29-34H,8-10H2,1-4H3. The second-order valence-electron chi connectivity index (χ2n) is 10.8. The summed E-state index contributed by atoms with van der Waals surface area (Å²) >= 11 is 0. The highest BCUT2D eigenvalue weighted by Crippen LogP contribution is 2.44. The number of carbonyl (C=O) groups excluding carboxylic acids is 1. The molecule has 0 bridgehead atoms. The number of allylic oxidation sites excluding steroid dienone is 1. The molecule has 0 aromatic rings. The van der Waals surface area contributed by atoms with E-state index >= 15 is 0 Å². The van der Waals surface area contributed by atoms with E-state index in [-0.39, 0.29) is 12.2 Å². The quantitative estimate of drug-likeness (QED) is 0.145. The Bertz CT molecular complexity index is 888. The van der Waals surface area contributed by atoms with Gasteiger partial charge in [0.25, 0.3) is 0 Å². The van der Waals surface area contributed by atoms with Crippen molar-refractivity contribution in [2.75, 3.05) is 13.2 Å². The van der Waals surface area contributed by atoms with Gasteiger partial charge in [-0.05, 0) is 31.6 Å². The van der Waals surface area contributed by atoms with Crippen molar-refractivity contribution in [3.8, 4) is 0 Å². The maximum atomic E-state index is 12.0. The molecule has 218 valence electrons. The third-order valence-corrected chi connectivity index (χ3v) is 7.55. The van der Waals surface area contributed by atoms with E-state index in [0.29, 0.717) is 5.57 Å². The van der Waals surface area contributed by atoms with Crippen LogP contribution in [0.4, 0.5) is 0 Å². The molecule has 2 aliphatic heterocycles. The van der Waals surface area contributed by atoms with E-state index in [1.54, 1.807) is 27.7 Å². The Morgan fingerprint density at radius 3 is 2.08 bits per heavy atom. The predicted molar refractivity (Wildman–Crippen MR) is 128 cm³/mol. The maximum Gasteiger partial charge on any atom is 0.187 e. The molecule has 0 saturated carbocycles. The van der Waals surface area contributed by atoms with Crippen molar-refractivity contribution < 1.29 is 64.6 Å². The van der Waals surface area contributed by atoms with Crippen LogP contribution in [0.25, 0.3) is 0 Å². The van der Waals surface area contributed by atoms with Gasteiger partial charge >= 0.3 is 0 Å². The lowest BCUT2D eigenvalue weighted by Crippen LogP contribution is -2.64. The summed E-state index contributed by atoms with van der Waals surface area (Å²) in [6.07, 6.45) is -11.9. The normalized spacial score (nSPS) is 44.7. The molecule has 0 amide bonds. The fourth-order valence-corrected chi connectivity index (χ4v) is 5.04. The van der Waals surface area contributed by atoms with E-state index in [1.165, 1.54) is 18.2 Å². The van der Waals surface area contributed by atoms with Gasteiger partial charge in [-0.3, -0.25) is 4.79 Å².